The van der Waals surface area contributed by atoms with Gasteiger partial charge in [0.15, 0.2) is 0 Å². The third-order valence-electron chi connectivity index (χ3n) is 4.45. The SMILES string of the molecule is CCCCC(=O)N1CCc2cc(S(=O)(=O)NCCC(C)O)ccc2C1. The summed E-state index contributed by atoms with van der Waals surface area (Å²) >= 11 is 0. The van der Waals surface area contributed by atoms with Crippen molar-refractivity contribution < 1.29 is 18.3 Å². The summed E-state index contributed by atoms with van der Waals surface area (Å²) in [5.41, 5.74) is 2.00. The topological polar surface area (TPSA) is 86.7 Å². The van der Waals surface area contributed by atoms with Crippen LogP contribution in [0.25, 0.3) is 0 Å². The Kier molecular flexibility index (Phi) is 6.98. The summed E-state index contributed by atoms with van der Waals surface area (Å²) in [5.74, 6) is 0.170. The van der Waals surface area contributed by atoms with Crippen molar-refractivity contribution in [3.05, 3.63) is 29.3 Å². The van der Waals surface area contributed by atoms with Gasteiger partial charge >= 0.3 is 0 Å². The molecule has 0 fully saturated rings. The van der Waals surface area contributed by atoms with Crippen LogP contribution >= 0.6 is 0 Å². The van der Waals surface area contributed by atoms with E-state index in [2.05, 4.69) is 11.6 Å². The van der Waals surface area contributed by atoms with Crippen molar-refractivity contribution in [3.8, 4) is 0 Å². The number of carbonyl (C=O) groups is 1. The first-order chi connectivity index (χ1) is 11.8. The highest BCUT2D eigenvalue weighted by atomic mass is 32.2. The highest BCUT2D eigenvalue weighted by molar-refractivity contribution is 7.89. The van der Waals surface area contributed by atoms with Crippen LogP contribution in [0, 0.1) is 0 Å². The standard InChI is InChI=1S/C18H28N2O4S/c1-3-4-5-18(22)20-11-9-15-12-17(7-6-16(15)13-20)25(23,24)19-10-8-14(2)21/h6-7,12,14,19,21H,3-5,8-11,13H2,1-2H3. The fourth-order valence-electron chi connectivity index (χ4n) is 2.88. The quantitative estimate of drug-likeness (QED) is 0.733. The first kappa shape index (κ1) is 19.9. The summed E-state index contributed by atoms with van der Waals surface area (Å²) in [6.07, 6.45) is 2.98. The number of aliphatic hydroxyl groups is 1. The molecule has 1 aliphatic heterocycles. The van der Waals surface area contributed by atoms with Crippen LogP contribution < -0.4 is 4.72 Å². The maximum Gasteiger partial charge on any atom is 0.240 e. The lowest BCUT2D eigenvalue weighted by molar-refractivity contribution is -0.132. The molecule has 2 rings (SSSR count). The van der Waals surface area contributed by atoms with Crippen molar-refractivity contribution in [2.45, 2.75) is 63.5 Å². The molecule has 140 valence electrons. The summed E-state index contributed by atoms with van der Waals surface area (Å²) in [6, 6.07) is 5.09. The highest BCUT2D eigenvalue weighted by Gasteiger charge is 2.22. The number of nitrogens with zero attached hydrogens (tertiary/aromatic N) is 1. The number of fused-ring (bicyclic) bond motifs is 1. The minimum absolute atomic E-state index is 0.170. The predicted octanol–water partition coefficient (Wildman–Crippen LogP) is 1.81. The van der Waals surface area contributed by atoms with Gasteiger partial charge in [0.25, 0.3) is 0 Å². The number of sulfonamides is 1. The lowest BCUT2D eigenvalue weighted by Crippen LogP contribution is -2.36. The predicted molar refractivity (Wildman–Crippen MR) is 96.6 cm³/mol. The van der Waals surface area contributed by atoms with Crippen LogP contribution in [0.4, 0.5) is 0 Å². The Morgan fingerprint density at radius 3 is 2.80 bits per heavy atom. The number of unbranched alkanes of at least 4 members (excludes halogenated alkanes) is 1. The molecule has 1 atom stereocenters. The Labute approximate surface area is 150 Å². The van der Waals surface area contributed by atoms with E-state index in [9.17, 15) is 18.3 Å². The lowest BCUT2D eigenvalue weighted by atomic mass is 9.99. The molecular formula is C18H28N2O4S. The Bertz CT molecular complexity index is 701. The molecule has 1 aromatic rings. The van der Waals surface area contributed by atoms with Crippen molar-refractivity contribution in [3.63, 3.8) is 0 Å². The van der Waals surface area contributed by atoms with Crippen LogP contribution in [0.3, 0.4) is 0 Å². The van der Waals surface area contributed by atoms with E-state index in [1.165, 1.54) is 0 Å². The Balaban J connectivity index is 2.05. The van der Waals surface area contributed by atoms with Gasteiger partial charge in [-0.3, -0.25) is 4.79 Å². The molecule has 6 nitrogen and oxygen atoms in total. The summed E-state index contributed by atoms with van der Waals surface area (Å²) in [4.78, 5) is 14.3. The zero-order chi connectivity index (χ0) is 18.4. The second kappa shape index (κ2) is 8.78. The van der Waals surface area contributed by atoms with Gasteiger partial charge in [-0.05, 0) is 49.4 Å². The first-order valence-corrected chi connectivity index (χ1v) is 10.4. The van der Waals surface area contributed by atoms with E-state index in [0.717, 1.165) is 24.0 Å². The van der Waals surface area contributed by atoms with E-state index in [0.29, 0.717) is 32.4 Å². The van der Waals surface area contributed by atoms with E-state index < -0.39 is 16.1 Å². The van der Waals surface area contributed by atoms with Crippen molar-refractivity contribution >= 4 is 15.9 Å². The van der Waals surface area contributed by atoms with E-state index in [-0.39, 0.29) is 17.3 Å². The lowest BCUT2D eigenvalue weighted by Gasteiger charge is -2.29. The van der Waals surface area contributed by atoms with Gasteiger partial charge < -0.3 is 10.0 Å². The number of hydrogen-bond acceptors (Lipinski definition) is 4. The summed E-state index contributed by atoms with van der Waals surface area (Å²) in [7, 11) is -3.57. The largest absolute Gasteiger partial charge is 0.393 e. The van der Waals surface area contributed by atoms with E-state index >= 15 is 0 Å². The Morgan fingerprint density at radius 2 is 2.12 bits per heavy atom. The molecule has 1 unspecified atom stereocenters. The van der Waals surface area contributed by atoms with E-state index in [1.54, 1.807) is 25.1 Å². The molecule has 7 heteroatoms. The van der Waals surface area contributed by atoms with Crippen molar-refractivity contribution in [2.24, 2.45) is 0 Å². The molecule has 0 saturated carbocycles. The number of hydrogen-bond donors (Lipinski definition) is 2. The normalized spacial score (nSPS) is 15.7. The third-order valence-corrected chi connectivity index (χ3v) is 5.91. The number of carbonyl (C=O) groups excluding carboxylic acids is 1. The number of nitrogens with one attached hydrogen (secondary N) is 1. The van der Waals surface area contributed by atoms with E-state index in [1.807, 2.05) is 4.90 Å². The van der Waals surface area contributed by atoms with Crippen molar-refractivity contribution in [2.75, 3.05) is 13.1 Å². The molecule has 25 heavy (non-hydrogen) atoms. The average molecular weight is 368 g/mol. The molecule has 0 radical (unpaired) electrons. The minimum Gasteiger partial charge on any atom is -0.393 e. The molecule has 1 aromatic carbocycles. The van der Waals surface area contributed by atoms with Gasteiger partial charge in [-0.25, -0.2) is 13.1 Å². The monoisotopic (exact) mass is 368 g/mol. The van der Waals surface area contributed by atoms with Crippen molar-refractivity contribution in [1.82, 2.24) is 9.62 Å². The second-order valence-electron chi connectivity index (χ2n) is 6.63. The Hall–Kier alpha value is -1.44. The van der Waals surface area contributed by atoms with Crippen LogP contribution in [0.15, 0.2) is 23.1 Å². The maximum absolute atomic E-state index is 12.3. The summed E-state index contributed by atoms with van der Waals surface area (Å²) in [6.45, 7) is 5.08. The summed E-state index contributed by atoms with van der Waals surface area (Å²) in [5, 5.41) is 9.23. The molecule has 0 aromatic heterocycles. The van der Waals surface area contributed by atoms with Gasteiger partial charge in [0.1, 0.15) is 0 Å². The molecular weight excluding hydrogens is 340 g/mol. The molecule has 1 aliphatic rings. The second-order valence-corrected chi connectivity index (χ2v) is 8.40. The van der Waals surface area contributed by atoms with Gasteiger partial charge in [0.05, 0.1) is 11.0 Å². The fraction of sp³-hybridized carbons (Fsp3) is 0.611. The average Bonchev–Trinajstić information content (AvgIpc) is 2.58. The van der Waals surface area contributed by atoms with Gasteiger partial charge in [0.2, 0.25) is 15.9 Å². The van der Waals surface area contributed by atoms with Crippen LogP contribution in [0.1, 0.15) is 50.7 Å². The molecule has 1 amide bonds. The third kappa shape index (κ3) is 5.52. The molecule has 0 saturated heterocycles. The van der Waals surface area contributed by atoms with Crippen molar-refractivity contribution in [1.29, 1.82) is 0 Å². The van der Waals surface area contributed by atoms with Crippen LogP contribution in [-0.2, 0) is 27.8 Å². The zero-order valence-corrected chi connectivity index (χ0v) is 15.8. The smallest absolute Gasteiger partial charge is 0.240 e. The highest BCUT2D eigenvalue weighted by Crippen LogP contribution is 2.23. The van der Waals surface area contributed by atoms with Gasteiger partial charge in [0, 0.05) is 26.1 Å². The van der Waals surface area contributed by atoms with Gasteiger partial charge in [-0.1, -0.05) is 19.4 Å². The summed E-state index contributed by atoms with van der Waals surface area (Å²) < 4.78 is 27.2. The number of benzene rings is 1. The zero-order valence-electron chi connectivity index (χ0n) is 15.0. The van der Waals surface area contributed by atoms with Crippen LogP contribution in [0.5, 0.6) is 0 Å². The first-order valence-electron chi connectivity index (χ1n) is 8.90. The van der Waals surface area contributed by atoms with Crippen LogP contribution in [-0.4, -0.2) is 43.5 Å². The fourth-order valence-corrected chi connectivity index (χ4v) is 3.98. The number of aliphatic hydroxyl groups excluding tert-OH is 1. The molecule has 0 bridgehead atoms. The Morgan fingerprint density at radius 1 is 1.36 bits per heavy atom. The maximum atomic E-state index is 12.3. The van der Waals surface area contributed by atoms with Crippen LogP contribution in [0.2, 0.25) is 0 Å². The molecule has 1 heterocycles. The van der Waals surface area contributed by atoms with E-state index in [4.69, 9.17) is 0 Å². The molecule has 0 aliphatic carbocycles. The minimum atomic E-state index is -3.57. The number of rotatable bonds is 8. The van der Waals surface area contributed by atoms with Gasteiger partial charge in [-0.2, -0.15) is 0 Å². The molecule has 2 N–H and O–H groups in total. The van der Waals surface area contributed by atoms with Gasteiger partial charge in [-0.15, -0.1) is 0 Å². The number of amides is 1. The molecule has 0 spiro atoms.